The molecule has 3 rings (SSSR count). The monoisotopic (exact) mass is 370 g/mol. The van der Waals surface area contributed by atoms with Crippen LogP contribution in [0.4, 0.5) is 5.00 Å². The van der Waals surface area contributed by atoms with Gasteiger partial charge in [0, 0.05) is 18.5 Å². The molecule has 0 unspecified atom stereocenters. The van der Waals surface area contributed by atoms with E-state index in [1.54, 1.807) is 17.0 Å². The Morgan fingerprint density at radius 1 is 1.29 bits per heavy atom. The first-order valence-corrected chi connectivity index (χ1v) is 11.0. The summed E-state index contributed by atoms with van der Waals surface area (Å²) in [4.78, 5) is 26.8. The number of nitrogens with one attached hydrogen (secondary N) is 1. The van der Waals surface area contributed by atoms with Gasteiger partial charge in [-0.1, -0.05) is 6.92 Å². The van der Waals surface area contributed by atoms with Crippen LogP contribution in [-0.2, 0) is 14.6 Å². The minimum Gasteiger partial charge on any atom is -0.334 e. The summed E-state index contributed by atoms with van der Waals surface area (Å²) in [5, 5.41) is 3.52. The summed E-state index contributed by atoms with van der Waals surface area (Å²) in [6.07, 6.45) is 3.15. The van der Waals surface area contributed by atoms with Gasteiger partial charge < -0.3 is 10.2 Å². The van der Waals surface area contributed by atoms with E-state index in [0.717, 1.165) is 19.3 Å². The summed E-state index contributed by atoms with van der Waals surface area (Å²) < 4.78 is 23.4. The fourth-order valence-electron chi connectivity index (χ4n) is 2.94. The van der Waals surface area contributed by atoms with Crippen LogP contribution in [0.5, 0.6) is 0 Å². The van der Waals surface area contributed by atoms with E-state index in [1.807, 2.05) is 6.92 Å². The summed E-state index contributed by atoms with van der Waals surface area (Å²) in [5.74, 6) is 0.193. The molecule has 0 spiro atoms. The molecule has 1 aliphatic heterocycles. The number of thiophene rings is 1. The highest BCUT2D eigenvalue weighted by molar-refractivity contribution is 7.91. The Balaban J connectivity index is 1.70. The van der Waals surface area contributed by atoms with Crippen molar-refractivity contribution in [2.75, 3.05) is 23.4 Å². The van der Waals surface area contributed by atoms with Crippen LogP contribution in [0.25, 0.3) is 0 Å². The molecule has 1 atom stereocenters. The molecule has 1 saturated carbocycles. The molecule has 1 aliphatic carbocycles. The van der Waals surface area contributed by atoms with Crippen molar-refractivity contribution in [3.8, 4) is 0 Å². The summed E-state index contributed by atoms with van der Waals surface area (Å²) in [5.41, 5.74) is 0. The number of carbonyl (C=O) groups excluding carboxylic acids is 2. The lowest BCUT2D eigenvalue weighted by molar-refractivity contribution is -0.117. The van der Waals surface area contributed by atoms with Gasteiger partial charge in [0.15, 0.2) is 9.84 Å². The molecule has 1 saturated heterocycles. The number of sulfone groups is 1. The van der Waals surface area contributed by atoms with Crippen LogP contribution in [0.3, 0.4) is 0 Å². The largest absolute Gasteiger partial charge is 0.334 e. The van der Waals surface area contributed by atoms with E-state index >= 15 is 0 Å². The van der Waals surface area contributed by atoms with E-state index in [2.05, 4.69) is 5.32 Å². The number of carbonyl (C=O) groups is 2. The Hall–Kier alpha value is -1.41. The molecule has 2 amide bonds. The van der Waals surface area contributed by atoms with Gasteiger partial charge in [-0.05, 0) is 37.8 Å². The third kappa shape index (κ3) is 3.97. The highest BCUT2D eigenvalue weighted by Gasteiger charge is 2.35. The van der Waals surface area contributed by atoms with Crippen LogP contribution in [0.15, 0.2) is 12.1 Å². The van der Waals surface area contributed by atoms with Gasteiger partial charge >= 0.3 is 0 Å². The van der Waals surface area contributed by atoms with E-state index in [-0.39, 0.29) is 35.3 Å². The fraction of sp³-hybridized carbons (Fsp3) is 0.625. The van der Waals surface area contributed by atoms with Crippen molar-refractivity contribution in [2.45, 2.75) is 38.6 Å². The normalized spacial score (nSPS) is 22.3. The Morgan fingerprint density at radius 3 is 2.62 bits per heavy atom. The van der Waals surface area contributed by atoms with Gasteiger partial charge in [-0.15, -0.1) is 11.3 Å². The highest BCUT2D eigenvalue weighted by atomic mass is 32.2. The molecule has 24 heavy (non-hydrogen) atoms. The third-order valence-corrected chi connectivity index (χ3v) is 7.12. The van der Waals surface area contributed by atoms with Crippen LogP contribution in [0, 0.1) is 5.92 Å². The maximum Gasteiger partial charge on any atom is 0.264 e. The quantitative estimate of drug-likeness (QED) is 0.831. The minimum atomic E-state index is -3.04. The first-order chi connectivity index (χ1) is 11.4. The first-order valence-electron chi connectivity index (χ1n) is 8.31. The predicted octanol–water partition coefficient (Wildman–Crippen LogP) is 2.14. The van der Waals surface area contributed by atoms with Gasteiger partial charge in [0.1, 0.15) is 0 Å². The smallest absolute Gasteiger partial charge is 0.264 e. The summed E-state index contributed by atoms with van der Waals surface area (Å²) in [7, 11) is -3.04. The zero-order valence-corrected chi connectivity index (χ0v) is 15.3. The Kier molecular flexibility index (Phi) is 4.96. The lowest BCUT2D eigenvalue weighted by Crippen LogP contribution is -2.41. The summed E-state index contributed by atoms with van der Waals surface area (Å²) in [6, 6.07) is 3.21. The molecule has 132 valence electrons. The van der Waals surface area contributed by atoms with E-state index in [9.17, 15) is 18.0 Å². The molecular weight excluding hydrogens is 348 g/mol. The lowest BCUT2D eigenvalue weighted by atomic mass is 10.2. The van der Waals surface area contributed by atoms with Gasteiger partial charge in [0.2, 0.25) is 5.91 Å². The highest BCUT2D eigenvalue weighted by Crippen LogP contribution is 2.32. The van der Waals surface area contributed by atoms with Crippen LogP contribution >= 0.6 is 11.3 Å². The molecule has 6 nitrogen and oxygen atoms in total. The molecule has 1 aromatic rings. The SMILES string of the molecule is CCCN(C(=O)c1ccc(NC(=O)C2CC2)s1)[C@@H]1CCS(=O)(=O)C1. The maximum atomic E-state index is 12.8. The first kappa shape index (κ1) is 17.4. The van der Waals surface area contributed by atoms with Crippen molar-refractivity contribution in [3.63, 3.8) is 0 Å². The minimum absolute atomic E-state index is 0.0168. The van der Waals surface area contributed by atoms with Crippen molar-refractivity contribution < 1.29 is 18.0 Å². The summed E-state index contributed by atoms with van der Waals surface area (Å²) in [6.45, 7) is 2.51. The Morgan fingerprint density at radius 2 is 2.04 bits per heavy atom. The van der Waals surface area contributed by atoms with E-state index < -0.39 is 9.84 Å². The van der Waals surface area contributed by atoms with Gasteiger partial charge in [0.25, 0.3) is 5.91 Å². The average molecular weight is 370 g/mol. The van der Waals surface area contributed by atoms with E-state index in [0.29, 0.717) is 22.8 Å². The molecule has 0 radical (unpaired) electrons. The standard InChI is InChI=1S/C16H22N2O4S2/c1-2-8-18(12-7-9-24(21,22)10-12)16(20)13-5-6-14(23-13)17-15(19)11-3-4-11/h5-6,11-12H,2-4,7-10H2,1H3,(H,17,19)/t12-/m1/s1. The lowest BCUT2D eigenvalue weighted by Gasteiger charge is -2.27. The second-order valence-electron chi connectivity index (χ2n) is 6.48. The van der Waals surface area contributed by atoms with Crippen molar-refractivity contribution in [1.29, 1.82) is 0 Å². The van der Waals surface area contributed by atoms with Crippen molar-refractivity contribution >= 4 is 38.0 Å². The molecule has 0 aromatic carbocycles. The molecule has 2 heterocycles. The van der Waals surface area contributed by atoms with Gasteiger partial charge in [0.05, 0.1) is 21.4 Å². The zero-order valence-electron chi connectivity index (χ0n) is 13.7. The molecule has 1 aromatic heterocycles. The average Bonchev–Trinajstić information content (AvgIpc) is 3.19. The molecule has 0 bridgehead atoms. The second kappa shape index (κ2) is 6.84. The Bertz CT molecular complexity index is 737. The van der Waals surface area contributed by atoms with Crippen LogP contribution < -0.4 is 5.32 Å². The zero-order chi connectivity index (χ0) is 17.3. The van der Waals surface area contributed by atoms with E-state index in [1.165, 1.54) is 11.3 Å². The number of nitrogens with zero attached hydrogens (tertiary/aromatic N) is 1. The molecule has 1 N–H and O–H groups in total. The molecule has 2 fully saturated rings. The van der Waals surface area contributed by atoms with Gasteiger partial charge in [-0.3, -0.25) is 9.59 Å². The predicted molar refractivity (Wildman–Crippen MR) is 94.1 cm³/mol. The van der Waals surface area contributed by atoms with Crippen molar-refractivity contribution in [3.05, 3.63) is 17.0 Å². The number of hydrogen-bond donors (Lipinski definition) is 1. The molecule has 8 heteroatoms. The number of anilines is 1. The number of rotatable bonds is 6. The maximum absolute atomic E-state index is 12.8. The fourth-order valence-corrected chi connectivity index (χ4v) is 5.54. The van der Waals surface area contributed by atoms with Gasteiger partial charge in [-0.2, -0.15) is 0 Å². The molecular formula is C16H22N2O4S2. The number of hydrogen-bond acceptors (Lipinski definition) is 5. The second-order valence-corrected chi connectivity index (χ2v) is 9.80. The summed E-state index contributed by atoms with van der Waals surface area (Å²) >= 11 is 1.25. The number of amides is 2. The Labute approximate surface area is 146 Å². The van der Waals surface area contributed by atoms with Crippen LogP contribution in [-0.4, -0.2) is 49.2 Å². The topological polar surface area (TPSA) is 83.6 Å². The van der Waals surface area contributed by atoms with Crippen molar-refractivity contribution in [2.24, 2.45) is 5.92 Å². The van der Waals surface area contributed by atoms with Gasteiger partial charge in [-0.25, -0.2) is 8.42 Å². The third-order valence-electron chi connectivity index (χ3n) is 4.39. The van der Waals surface area contributed by atoms with E-state index in [4.69, 9.17) is 0 Å². The molecule has 2 aliphatic rings. The van der Waals surface area contributed by atoms with Crippen molar-refractivity contribution in [1.82, 2.24) is 4.90 Å². The van der Waals surface area contributed by atoms with Crippen LogP contribution in [0.1, 0.15) is 42.3 Å². The van der Waals surface area contributed by atoms with Crippen LogP contribution in [0.2, 0.25) is 0 Å².